The molecule has 0 saturated heterocycles. The molecule has 108 valence electrons. The number of aliphatic carboxylic acids is 1. The molecular formula is C13H19N5O2. The second-order valence-electron chi connectivity index (χ2n) is 4.77. The molecule has 0 aliphatic carbocycles. The van der Waals surface area contributed by atoms with E-state index in [1.165, 1.54) is 0 Å². The number of H-pyrrole nitrogens is 1. The Morgan fingerprint density at radius 3 is 3.00 bits per heavy atom. The van der Waals surface area contributed by atoms with Crippen molar-refractivity contribution in [1.29, 1.82) is 5.41 Å². The monoisotopic (exact) mass is 277 g/mol. The minimum atomic E-state index is -0.804. The van der Waals surface area contributed by atoms with Gasteiger partial charge in [0.05, 0.1) is 6.33 Å². The highest BCUT2D eigenvalue weighted by molar-refractivity contribution is 5.69. The fraction of sp³-hybridized carbons (Fsp3) is 0.538. The molecule has 0 aliphatic heterocycles. The summed E-state index contributed by atoms with van der Waals surface area (Å²) in [5.41, 5.74) is 1.52. The molecular weight excluding hydrogens is 258 g/mol. The van der Waals surface area contributed by atoms with Crippen molar-refractivity contribution in [2.24, 2.45) is 0 Å². The summed E-state index contributed by atoms with van der Waals surface area (Å²) in [6.45, 7) is 2.94. The van der Waals surface area contributed by atoms with Gasteiger partial charge in [0, 0.05) is 19.4 Å². The van der Waals surface area contributed by atoms with Crippen LogP contribution in [-0.2, 0) is 17.8 Å². The van der Waals surface area contributed by atoms with Gasteiger partial charge in [0.1, 0.15) is 11.3 Å². The van der Waals surface area contributed by atoms with E-state index in [2.05, 4.69) is 21.9 Å². The van der Waals surface area contributed by atoms with E-state index in [0.29, 0.717) is 24.2 Å². The Balaban J connectivity index is 2.24. The van der Waals surface area contributed by atoms with Crippen molar-refractivity contribution >= 4 is 17.1 Å². The number of fused-ring (bicyclic) bond motifs is 1. The van der Waals surface area contributed by atoms with E-state index in [-0.39, 0.29) is 11.9 Å². The van der Waals surface area contributed by atoms with Gasteiger partial charge in [-0.25, -0.2) is 9.97 Å². The third kappa shape index (κ3) is 3.23. The zero-order valence-corrected chi connectivity index (χ0v) is 11.5. The summed E-state index contributed by atoms with van der Waals surface area (Å²) in [6.07, 6.45) is 4.97. The lowest BCUT2D eigenvalue weighted by Crippen LogP contribution is -2.12. The van der Waals surface area contributed by atoms with Gasteiger partial charge < -0.3 is 14.7 Å². The summed E-state index contributed by atoms with van der Waals surface area (Å²) in [7, 11) is 0. The zero-order valence-electron chi connectivity index (χ0n) is 11.5. The van der Waals surface area contributed by atoms with E-state index in [1.54, 1.807) is 6.33 Å². The van der Waals surface area contributed by atoms with Gasteiger partial charge in [0.25, 0.3) is 0 Å². The van der Waals surface area contributed by atoms with Crippen LogP contribution in [0.3, 0.4) is 0 Å². The number of carboxylic acids is 1. The van der Waals surface area contributed by atoms with Crippen molar-refractivity contribution in [1.82, 2.24) is 19.5 Å². The first kappa shape index (κ1) is 14.2. The molecule has 0 spiro atoms. The minimum Gasteiger partial charge on any atom is -0.481 e. The number of carbonyl (C=O) groups is 1. The maximum Gasteiger partial charge on any atom is 0.303 e. The van der Waals surface area contributed by atoms with Crippen LogP contribution in [0.15, 0.2) is 6.33 Å². The minimum absolute atomic E-state index is 0.124. The summed E-state index contributed by atoms with van der Waals surface area (Å²) in [5.74, 6) is -0.0880. The SMILES string of the molecule is CCCCn1cnc(=N)c2[nH]c(CCCC(=O)O)nc21. The van der Waals surface area contributed by atoms with Gasteiger partial charge in [0.2, 0.25) is 0 Å². The molecule has 0 fully saturated rings. The van der Waals surface area contributed by atoms with Crippen molar-refractivity contribution in [3.05, 3.63) is 17.6 Å². The topological polar surface area (TPSA) is 108 Å². The molecule has 0 aliphatic rings. The van der Waals surface area contributed by atoms with E-state index in [1.807, 2.05) is 4.57 Å². The number of unbranched alkanes of at least 4 members (excludes halogenated alkanes) is 1. The molecule has 2 aromatic rings. The maximum atomic E-state index is 10.5. The maximum absolute atomic E-state index is 10.5. The Bertz CT molecular complexity index is 658. The van der Waals surface area contributed by atoms with E-state index in [0.717, 1.165) is 25.0 Å². The van der Waals surface area contributed by atoms with Crippen LogP contribution in [0.2, 0.25) is 0 Å². The second kappa shape index (κ2) is 6.31. The smallest absolute Gasteiger partial charge is 0.303 e. The number of nitrogens with one attached hydrogen (secondary N) is 2. The van der Waals surface area contributed by atoms with E-state index in [9.17, 15) is 4.79 Å². The lowest BCUT2D eigenvalue weighted by Gasteiger charge is -2.04. The number of aromatic amines is 1. The van der Waals surface area contributed by atoms with Gasteiger partial charge in [-0.3, -0.25) is 10.2 Å². The van der Waals surface area contributed by atoms with Crippen LogP contribution in [0.25, 0.3) is 11.2 Å². The molecule has 0 unspecified atom stereocenters. The lowest BCUT2D eigenvalue weighted by molar-refractivity contribution is -0.137. The normalized spacial score (nSPS) is 11.1. The number of imidazole rings is 1. The Morgan fingerprint density at radius 1 is 1.50 bits per heavy atom. The molecule has 7 heteroatoms. The quantitative estimate of drug-likeness (QED) is 0.711. The number of hydrogen-bond donors (Lipinski definition) is 3. The molecule has 0 amide bonds. The van der Waals surface area contributed by atoms with Crippen molar-refractivity contribution in [3.8, 4) is 0 Å². The molecule has 0 bridgehead atoms. The molecule has 7 nitrogen and oxygen atoms in total. The lowest BCUT2D eigenvalue weighted by atomic mass is 10.2. The van der Waals surface area contributed by atoms with Crippen LogP contribution >= 0.6 is 0 Å². The summed E-state index contributed by atoms with van der Waals surface area (Å²) < 4.78 is 1.94. The van der Waals surface area contributed by atoms with Crippen LogP contribution in [-0.4, -0.2) is 30.6 Å². The molecule has 0 radical (unpaired) electrons. The highest BCUT2D eigenvalue weighted by Crippen LogP contribution is 2.10. The van der Waals surface area contributed by atoms with E-state index < -0.39 is 5.97 Å². The van der Waals surface area contributed by atoms with E-state index in [4.69, 9.17) is 10.5 Å². The van der Waals surface area contributed by atoms with Crippen LogP contribution < -0.4 is 5.49 Å². The molecule has 3 N–H and O–H groups in total. The highest BCUT2D eigenvalue weighted by Gasteiger charge is 2.09. The van der Waals surface area contributed by atoms with Gasteiger partial charge in [-0.2, -0.15) is 0 Å². The number of aryl methyl sites for hydroxylation is 2. The average molecular weight is 277 g/mol. The van der Waals surface area contributed by atoms with Gasteiger partial charge in [-0.1, -0.05) is 13.3 Å². The van der Waals surface area contributed by atoms with Crippen molar-refractivity contribution < 1.29 is 9.90 Å². The average Bonchev–Trinajstić information content (AvgIpc) is 2.83. The first-order valence-corrected chi connectivity index (χ1v) is 6.82. The summed E-state index contributed by atoms with van der Waals surface area (Å²) in [5, 5.41) is 16.4. The highest BCUT2D eigenvalue weighted by atomic mass is 16.4. The largest absolute Gasteiger partial charge is 0.481 e. The third-order valence-corrected chi connectivity index (χ3v) is 3.13. The fourth-order valence-electron chi connectivity index (χ4n) is 2.05. The van der Waals surface area contributed by atoms with Crippen LogP contribution in [0.4, 0.5) is 0 Å². The number of rotatable bonds is 7. The van der Waals surface area contributed by atoms with Crippen LogP contribution in [0, 0.1) is 5.41 Å². The predicted molar refractivity (Wildman–Crippen MR) is 73.2 cm³/mol. The summed E-state index contributed by atoms with van der Waals surface area (Å²) in [6, 6.07) is 0. The summed E-state index contributed by atoms with van der Waals surface area (Å²) in [4.78, 5) is 22.1. The van der Waals surface area contributed by atoms with Crippen LogP contribution in [0.1, 0.15) is 38.4 Å². The van der Waals surface area contributed by atoms with E-state index >= 15 is 0 Å². The van der Waals surface area contributed by atoms with Gasteiger partial charge in [0.15, 0.2) is 11.1 Å². The molecule has 2 heterocycles. The molecule has 2 aromatic heterocycles. The zero-order chi connectivity index (χ0) is 14.5. The van der Waals surface area contributed by atoms with Gasteiger partial charge in [-0.05, 0) is 12.8 Å². The Labute approximate surface area is 116 Å². The Hall–Kier alpha value is -2.18. The first-order chi connectivity index (χ1) is 9.61. The number of hydrogen-bond acceptors (Lipinski definition) is 4. The Kier molecular flexibility index (Phi) is 4.49. The number of carboxylic acid groups (broad SMARTS) is 1. The Morgan fingerprint density at radius 2 is 2.30 bits per heavy atom. The standard InChI is InChI=1S/C13H19N5O2/c1-2-3-7-18-8-15-12(14)11-13(18)17-9(16-11)5-4-6-10(19)20/h8,14H,2-7H2,1H3,(H,16,17)(H,19,20). The van der Waals surface area contributed by atoms with Gasteiger partial charge >= 0.3 is 5.97 Å². The number of aromatic nitrogens is 4. The van der Waals surface area contributed by atoms with Crippen molar-refractivity contribution in [2.75, 3.05) is 0 Å². The third-order valence-electron chi connectivity index (χ3n) is 3.13. The molecule has 0 saturated carbocycles. The molecule has 0 atom stereocenters. The number of nitrogens with zero attached hydrogens (tertiary/aromatic N) is 3. The molecule has 0 aromatic carbocycles. The van der Waals surface area contributed by atoms with Crippen molar-refractivity contribution in [3.63, 3.8) is 0 Å². The van der Waals surface area contributed by atoms with Crippen LogP contribution in [0.5, 0.6) is 0 Å². The fourth-order valence-corrected chi connectivity index (χ4v) is 2.05. The van der Waals surface area contributed by atoms with Crippen molar-refractivity contribution in [2.45, 2.75) is 45.6 Å². The molecule has 2 rings (SSSR count). The predicted octanol–water partition coefficient (Wildman–Crippen LogP) is 1.45. The second-order valence-corrected chi connectivity index (χ2v) is 4.77. The first-order valence-electron chi connectivity index (χ1n) is 6.82. The van der Waals surface area contributed by atoms with Gasteiger partial charge in [-0.15, -0.1) is 0 Å². The summed E-state index contributed by atoms with van der Waals surface area (Å²) >= 11 is 0. The molecule has 20 heavy (non-hydrogen) atoms.